The lowest BCUT2D eigenvalue weighted by Gasteiger charge is -2.51. The minimum Gasteiger partial charge on any atom is -0.347 e. The van der Waals surface area contributed by atoms with Crippen LogP contribution in [0.3, 0.4) is 0 Å². The molecule has 0 fully saturated rings. The van der Waals surface area contributed by atoms with Gasteiger partial charge in [0.1, 0.15) is 0 Å². The number of hydrogen-bond donors (Lipinski definition) is 0. The molecule has 0 heterocycles. The summed E-state index contributed by atoms with van der Waals surface area (Å²) in [4.78, 5) is 5.98. The molecule has 0 aliphatic heterocycles. The molecule has 0 aromatic carbocycles. The molecule has 0 radical (unpaired) electrons. The molecule has 0 bridgehead atoms. The standard InChI is InChI=1S/C54H112N2O/c1-7-13-19-24-29-34-39-44-49-55(50-45-40-35-30-25-20-14-8-2)54(57-53-18-12-6,48-43-38-33-28-23-17-11-5)56(51-46-41-36-31-26-21-15-9-3)52-47-42-37-32-27-22-16-10-4/h7-53H2,1-6H3. The predicted octanol–water partition coefficient (Wildman–Crippen LogP) is 18.8. The van der Waals surface area contributed by atoms with Crippen LogP contribution in [-0.4, -0.2) is 48.4 Å². The molecule has 344 valence electrons. The third-order valence-electron chi connectivity index (χ3n) is 13.1. The van der Waals surface area contributed by atoms with Crippen LogP contribution in [0.25, 0.3) is 0 Å². The molecule has 0 aliphatic rings. The smallest absolute Gasteiger partial charge is 0.179 e. The van der Waals surface area contributed by atoms with Crippen LogP contribution in [-0.2, 0) is 4.74 Å². The zero-order valence-electron chi connectivity index (χ0n) is 41.0. The van der Waals surface area contributed by atoms with Crippen molar-refractivity contribution < 1.29 is 4.74 Å². The van der Waals surface area contributed by atoms with Crippen molar-refractivity contribution in [2.45, 2.75) is 317 Å². The normalized spacial score (nSPS) is 12.2. The molecule has 0 aromatic rings. The molecule has 0 N–H and O–H groups in total. The first kappa shape index (κ1) is 56.9. The fourth-order valence-electron chi connectivity index (χ4n) is 9.13. The number of rotatable bonds is 50. The zero-order valence-corrected chi connectivity index (χ0v) is 41.0. The Kier molecular flexibility index (Phi) is 46.8. The quantitative estimate of drug-likeness (QED) is 0.0450. The highest BCUT2D eigenvalue weighted by molar-refractivity contribution is 4.85. The summed E-state index contributed by atoms with van der Waals surface area (Å²) < 4.78 is 7.58. The van der Waals surface area contributed by atoms with E-state index in [2.05, 4.69) is 51.3 Å². The van der Waals surface area contributed by atoms with Crippen LogP contribution in [0.1, 0.15) is 311 Å². The van der Waals surface area contributed by atoms with Gasteiger partial charge in [-0.15, -0.1) is 0 Å². The Labute approximate surface area is 363 Å². The van der Waals surface area contributed by atoms with Crippen LogP contribution in [0.4, 0.5) is 0 Å². The maximum Gasteiger partial charge on any atom is 0.179 e. The first-order valence-electron chi connectivity index (χ1n) is 27.3. The minimum absolute atomic E-state index is 0.233. The van der Waals surface area contributed by atoms with E-state index in [-0.39, 0.29) is 5.85 Å². The first-order chi connectivity index (χ1) is 28.2. The summed E-state index contributed by atoms with van der Waals surface area (Å²) in [7, 11) is 0. The van der Waals surface area contributed by atoms with Gasteiger partial charge in [0.2, 0.25) is 0 Å². The Morgan fingerprint density at radius 2 is 0.456 bits per heavy atom. The van der Waals surface area contributed by atoms with E-state index >= 15 is 0 Å². The molecule has 3 nitrogen and oxygen atoms in total. The van der Waals surface area contributed by atoms with Crippen molar-refractivity contribution in [3.05, 3.63) is 0 Å². The second-order valence-electron chi connectivity index (χ2n) is 18.7. The van der Waals surface area contributed by atoms with Crippen molar-refractivity contribution in [2.75, 3.05) is 32.8 Å². The molecule has 0 aromatic heterocycles. The van der Waals surface area contributed by atoms with E-state index in [9.17, 15) is 0 Å². The number of nitrogens with zero attached hydrogens (tertiary/aromatic N) is 2. The average molecular weight is 806 g/mol. The van der Waals surface area contributed by atoms with E-state index in [4.69, 9.17) is 4.74 Å². The Balaban J connectivity index is 6.34. The van der Waals surface area contributed by atoms with Gasteiger partial charge in [-0.25, -0.2) is 0 Å². The number of unbranched alkanes of at least 4 members (excludes halogenated alkanes) is 35. The van der Waals surface area contributed by atoms with Crippen molar-refractivity contribution in [1.82, 2.24) is 9.80 Å². The molecule has 0 spiro atoms. The van der Waals surface area contributed by atoms with E-state index < -0.39 is 0 Å². The lowest BCUT2D eigenvalue weighted by atomic mass is 10.0. The molecular formula is C54H112N2O. The second kappa shape index (κ2) is 46.9. The Bertz CT molecular complexity index is 643. The van der Waals surface area contributed by atoms with E-state index in [1.54, 1.807) is 0 Å². The minimum atomic E-state index is -0.233. The van der Waals surface area contributed by atoms with Crippen LogP contribution in [0, 0.1) is 0 Å². The SMILES string of the molecule is CCCCCCCCCCN(CCCCCCCCCC)C(CCCCCCCCC)(OCCCC)N(CCCCCCCCCC)CCCCCCCCCC. The topological polar surface area (TPSA) is 15.7 Å². The van der Waals surface area contributed by atoms with Gasteiger partial charge < -0.3 is 4.74 Å². The summed E-state index contributed by atoms with van der Waals surface area (Å²) in [5.74, 6) is -0.233. The third kappa shape index (κ3) is 35.2. The third-order valence-corrected chi connectivity index (χ3v) is 13.1. The maximum absolute atomic E-state index is 7.58. The Morgan fingerprint density at radius 1 is 0.246 bits per heavy atom. The molecule has 0 aliphatic carbocycles. The van der Waals surface area contributed by atoms with Crippen molar-refractivity contribution in [3.63, 3.8) is 0 Å². The van der Waals surface area contributed by atoms with Crippen molar-refractivity contribution in [3.8, 4) is 0 Å². The summed E-state index contributed by atoms with van der Waals surface area (Å²) in [6.07, 6.45) is 58.0. The van der Waals surface area contributed by atoms with Crippen LogP contribution in [0.5, 0.6) is 0 Å². The van der Waals surface area contributed by atoms with Gasteiger partial charge in [-0.1, -0.05) is 266 Å². The van der Waals surface area contributed by atoms with Crippen LogP contribution in [0.15, 0.2) is 0 Å². The molecule has 0 saturated carbocycles. The van der Waals surface area contributed by atoms with Crippen LogP contribution >= 0.6 is 0 Å². The van der Waals surface area contributed by atoms with E-state index in [1.807, 2.05) is 0 Å². The molecule has 3 heteroatoms. The van der Waals surface area contributed by atoms with Gasteiger partial charge in [0, 0.05) is 32.6 Å². The molecule has 57 heavy (non-hydrogen) atoms. The Hall–Kier alpha value is -0.120. The van der Waals surface area contributed by atoms with Gasteiger partial charge in [0.15, 0.2) is 5.85 Å². The maximum atomic E-state index is 7.58. The molecule has 0 saturated heterocycles. The second-order valence-corrected chi connectivity index (χ2v) is 18.7. The fraction of sp³-hybridized carbons (Fsp3) is 1.00. The molecular weight excluding hydrogens is 693 g/mol. The van der Waals surface area contributed by atoms with Crippen LogP contribution in [0.2, 0.25) is 0 Å². The monoisotopic (exact) mass is 805 g/mol. The highest BCUT2D eigenvalue weighted by Gasteiger charge is 2.42. The van der Waals surface area contributed by atoms with Crippen molar-refractivity contribution in [1.29, 1.82) is 0 Å². The summed E-state index contributed by atoms with van der Waals surface area (Å²) in [6.45, 7) is 19.9. The van der Waals surface area contributed by atoms with Crippen molar-refractivity contribution >= 4 is 0 Å². The summed E-state index contributed by atoms with van der Waals surface area (Å²) >= 11 is 0. The van der Waals surface area contributed by atoms with E-state index in [0.29, 0.717) is 0 Å². The zero-order chi connectivity index (χ0) is 41.6. The fourth-order valence-corrected chi connectivity index (χ4v) is 9.13. The predicted molar refractivity (Wildman–Crippen MR) is 260 cm³/mol. The molecule has 0 rings (SSSR count). The molecule has 0 unspecified atom stereocenters. The highest BCUT2D eigenvalue weighted by Crippen LogP contribution is 2.33. The van der Waals surface area contributed by atoms with E-state index in [1.165, 1.54) is 296 Å². The number of ether oxygens (including phenoxy) is 1. The van der Waals surface area contributed by atoms with Gasteiger partial charge in [0.25, 0.3) is 0 Å². The van der Waals surface area contributed by atoms with Gasteiger partial charge in [-0.2, -0.15) is 0 Å². The highest BCUT2D eigenvalue weighted by atomic mass is 16.5. The van der Waals surface area contributed by atoms with E-state index in [0.717, 1.165) is 6.61 Å². The molecule has 0 atom stereocenters. The lowest BCUT2D eigenvalue weighted by molar-refractivity contribution is -0.256. The largest absolute Gasteiger partial charge is 0.347 e. The Morgan fingerprint density at radius 3 is 0.702 bits per heavy atom. The average Bonchev–Trinajstić information content (AvgIpc) is 3.22. The lowest BCUT2D eigenvalue weighted by Crippen LogP contribution is -2.63. The van der Waals surface area contributed by atoms with Gasteiger partial charge in [0.05, 0.1) is 6.61 Å². The van der Waals surface area contributed by atoms with Gasteiger partial charge >= 0.3 is 0 Å². The summed E-state index contributed by atoms with van der Waals surface area (Å²) in [5, 5.41) is 0. The first-order valence-corrected chi connectivity index (χ1v) is 27.3. The van der Waals surface area contributed by atoms with Crippen molar-refractivity contribution in [2.24, 2.45) is 0 Å². The summed E-state index contributed by atoms with van der Waals surface area (Å²) in [5.41, 5.74) is 0. The summed E-state index contributed by atoms with van der Waals surface area (Å²) in [6, 6.07) is 0. The number of hydrogen-bond acceptors (Lipinski definition) is 3. The van der Waals surface area contributed by atoms with Gasteiger partial charge in [-0.05, 0) is 38.5 Å². The van der Waals surface area contributed by atoms with Gasteiger partial charge in [-0.3, -0.25) is 9.80 Å². The van der Waals surface area contributed by atoms with Crippen LogP contribution < -0.4 is 0 Å². The molecule has 0 amide bonds.